The number of thiazole rings is 1. The van der Waals surface area contributed by atoms with Crippen molar-refractivity contribution in [1.82, 2.24) is 9.55 Å². The molecule has 0 spiro atoms. The summed E-state index contributed by atoms with van der Waals surface area (Å²) in [7, 11) is -3.82. The predicted molar refractivity (Wildman–Crippen MR) is 113 cm³/mol. The number of aryl methyl sites for hydroxylation is 1. The average Bonchev–Trinajstić information content (AvgIpc) is 3.05. The number of nitrogens with two attached hydrogens (primary N) is 1. The Bertz CT molecular complexity index is 1440. The fourth-order valence-corrected chi connectivity index (χ4v) is 4.64. The van der Waals surface area contributed by atoms with Gasteiger partial charge in [0.2, 0.25) is 15.9 Å². The average molecular weight is 428 g/mol. The number of hydrogen-bond acceptors (Lipinski definition) is 6. The van der Waals surface area contributed by atoms with Gasteiger partial charge >= 0.3 is 0 Å². The smallest absolute Gasteiger partial charge is 0.251 e. The van der Waals surface area contributed by atoms with Crippen LogP contribution in [0.4, 0.5) is 5.13 Å². The molecule has 0 bridgehead atoms. The summed E-state index contributed by atoms with van der Waals surface area (Å²) in [4.78, 5) is 29.2. The molecule has 2 aromatic heterocycles. The zero-order valence-electron chi connectivity index (χ0n) is 15.2. The molecule has 29 heavy (non-hydrogen) atoms. The number of aromatic nitrogens is 2. The van der Waals surface area contributed by atoms with Gasteiger partial charge in [-0.3, -0.25) is 14.2 Å². The van der Waals surface area contributed by atoms with Crippen LogP contribution in [0.3, 0.4) is 0 Å². The zero-order chi connectivity index (χ0) is 20.8. The minimum absolute atomic E-state index is 0.0239. The molecule has 0 unspecified atom stereocenters. The fraction of sp³-hybridized carbons (Fsp3) is 0.105. The lowest BCUT2D eigenvalue weighted by molar-refractivity contribution is -0.116. The molecule has 3 N–H and O–H groups in total. The second-order valence-electron chi connectivity index (χ2n) is 6.51. The number of rotatable bonds is 4. The highest BCUT2D eigenvalue weighted by Gasteiger charge is 2.14. The number of primary sulfonamides is 1. The third kappa shape index (κ3) is 3.77. The van der Waals surface area contributed by atoms with Crippen molar-refractivity contribution in [2.45, 2.75) is 18.4 Å². The SMILES string of the molecule is Cc1cc(=O)n(CC(=O)Nc2nc3ccc(S(N)(=O)=O)cc3s2)c2ccccc12. The Morgan fingerprint density at radius 1 is 1.21 bits per heavy atom. The molecular weight excluding hydrogens is 412 g/mol. The van der Waals surface area contributed by atoms with Crippen LogP contribution < -0.4 is 16.0 Å². The van der Waals surface area contributed by atoms with Gasteiger partial charge in [-0.25, -0.2) is 18.5 Å². The second-order valence-corrected chi connectivity index (χ2v) is 9.10. The van der Waals surface area contributed by atoms with Gasteiger partial charge in [0.15, 0.2) is 5.13 Å². The number of pyridine rings is 1. The van der Waals surface area contributed by atoms with Crippen molar-refractivity contribution < 1.29 is 13.2 Å². The van der Waals surface area contributed by atoms with E-state index in [-0.39, 0.29) is 17.0 Å². The maximum absolute atomic E-state index is 12.5. The van der Waals surface area contributed by atoms with Crippen molar-refractivity contribution in [2.75, 3.05) is 5.32 Å². The molecular formula is C19H16N4O4S2. The van der Waals surface area contributed by atoms with E-state index < -0.39 is 15.9 Å². The van der Waals surface area contributed by atoms with E-state index in [0.29, 0.717) is 20.9 Å². The van der Waals surface area contributed by atoms with Crippen LogP contribution in [0.2, 0.25) is 0 Å². The number of sulfonamides is 1. The maximum atomic E-state index is 12.5. The van der Waals surface area contributed by atoms with Crippen LogP contribution in [0.25, 0.3) is 21.1 Å². The molecule has 0 radical (unpaired) electrons. The molecule has 0 aliphatic rings. The van der Waals surface area contributed by atoms with Crippen molar-refractivity contribution in [3.63, 3.8) is 0 Å². The first kappa shape index (κ1) is 19.2. The van der Waals surface area contributed by atoms with Crippen molar-refractivity contribution in [3.8, 4) is 0 Å². The van der Waals surface area contributed by atoms with Gasteiger partial charge in [0.05, 0.1) is 20.6 Å². The van der Waals surface area contributed by atoms with Gasteiger partial charge < -0.3 is 5.32 Å². The lowest BCUT2D eigenvalue weighted by Crippen LogP contribution is -2.27. The molecule has 2 aromatic carbocycles. The number of benzene rings is 2. The van der Waals surface area contributed by atoms with Gasteiger partial charge in [-0.2, -0.15) is 0 Å². The van der Waals surface area contributed by atoms with Crippen LogP contribution in [0.15, 0.2) is 58.2 Å². The fourth-order valence-electron chi connectivity index (χ4n) is 3.10. The van der Waals surface area contributed by atoms with Crippen LogP contribution in [0.1, 0.15) is 5.56 Å². The standard InChI is InChI=1S/C19H16N4O4S2/c1-11-8-18(25)23(15-5-3-2-4-13(11)15)10-17(24)22-19-21-14-7-6-12(29(20,26)27)9-16(14)28-19/h2-9H,10H2,1H3,(H2,20,26,27)(H,21,22,24). The van der Waals surface area contributed by atoms with E-state index in [1.165, 1.54) is 28.8 Å². The lowest BCUT2D eigenvalue weighted by atomic mass is 10.1. The second kappa shape index (κ2) is 7.07. The van der Waals surface area contributed by atoms with E-state index >= 15 is 0 Å². The first-order chi connectivity index (χ1) is 13.7. The zero-order valence-corrected chi connectivity index (χ0v) is 16.9. The van der Waals surface area contributed by atoms with E-state index in [1.54, 1.807) is 6.07 Å². The van der Waals surface area contributed by atoms with Gasteiger partial charge in [-0.05, 0) is 36.8 Å². The summed E-state index contributed by atoms with van der Waals surface area (Å²) in [5.74, 6) is -0.410. The minimum atomic E-state index is -3.82. The van der Waals surface area contributed by atoms with E-state index in [9.17, 15) is 18.0 Å². The Labute approximate surface area is 169 Å². The molecule has 8 nitrogen and oxygen atoms in total. The number of amides is 1. The number of carbonyl (C=O) groups excluding carboxylic acids is 1. The topological polar surface area (TPSA) is 124 Å². The maximum Gasteiger partial charge on any atom is 0.251 e. The molecule has 0 aliphatic heterocycles. The summed E-state index contributed by atoms with van der Waals surface area (Å²) in [6.45, 7) is 1.68. The van der Waals surface area contributed by atoms with Crippen molar-refractivity contribution in [2.24, 2.45) is 5.14 Å². The number of nitrogens with zero attached hydrogens (tertiary/aromatic N) is 2. The highest BCUT2D eigenvalue weighted by Crippen LogP contribution is 2.28. The Balaban J connectivity index is 1.63. The van der Waals surface area contributed by atoms with Gasteiger partial charge in [-0.15, -0.1) is 0 Å². The molecule has 4 aromatic rings. The molecule has 0 atom stereocenters. The van der Waals surface area contributed by atoms with Gasteiger partial charge in [0.1, 0.15) is 6.54 Å². The Kier molecular flexibility index (Phi) is 4.69. The first-order valence-electron chi connectivity index (χ1n) is 8.55. The summed E-state index contributed by atoms with van der Waals surface area (Å²) in [5.41, 5.74) is 1.79. The van der Waals surface area contributed by atoms with Crippen molar-refractivity contribution >= 4 is 53.5 Å². The lowest BCUT2D eigenvalue weighted by Gasteiger charge is -2.11. The molecule has 0 fully saturated rings. The van der Waals surface area contributed by atoms with Crippen LogP contribution in [-0.2, 0) is 21.4 Å². The van der Waals surface area contributed by atoms with Gasteiger partial charge in [-0.1, -0.05) is 29.5 Å². The minimum Gasteiger partial charge on any atom is -0.300 e. The number of carbonyl (C=O) groups is 1. The summed E-state index contributed by atoms with van der Waals surface area (Å²) >= 11 is 1.13. The monoisotopic (exact) mass is 428 g/mol. The molecule has 10 heteroatoms. The molecule has 4 rings (SSSR count). The summed E-state index contributed by atoms with van der Waals surface area (Å²) in [5, 5.41) is 9.02. The Hall–Kier alpha value is -3.08. The number of anilines is 1. The quantitative estimate of drug-likeness (QED) is 0.516. The number of nitrogens with one attached hydrogen (secondary N) is 1. The molecule has 0 saturated heterocycles. The van der Waals surface area contributed by atoms with Crippen LogP contribution in [0, 0.1) is 6.92 Å². The summed E-state index contributed by atoms with van der Waals surface area (Å²) < 4.78 is 25.0. The molecule has 2 heterocycles. The van der Waals surface area contributed by atoms with Gasteiger partial charge in [0, 0.05) is 11.5 Å². The number of hydrogen-bond donors (Lipinski definition) is 2. The van der Waals surface area contributed by atoms with Crippen LogP contribution in [0.5, 0.6) is 0 Å². The summed E-state index contributed by atoms with van der Waals surface area (Å²) in [6, 6.07) is 13.2. The van der Waals surface area contributed by atoms with Crippen molar-refractivity contribution in [1.29, 1.82) is 0 Å². The predicted octanol–water partition coefficient (Wildman–Crippen LogP) is 2.21. The van der Waals surface area contributed by atoms with Crippen molar-refractivity contribution in [3.05, 3.63) is 64.4 Å². The van der Waals surface area contributed by atoms with E-state index in [1.807, 2.05) is 25.1 Å². The van der Waals surface area contributed by atoms with Crippen LogP contribution >= 0.6 is 11.3 Å². The molecule has 1 amide bonds. The third-order valence-corrected chi connectivity index (χ3v) is 6.31. The van der Waals surface area contributed by atoms with Gasteiger partial charge in [0.25, 0.3) is 5.56 Å². The van der Waals surface area contributed by atoms with Crippen LogP contribution in [-0.4, -0.2) is 23.9 Å². The molecule has 148 valence electrons. The summed E-state index contributed by atoms with van der Waals surface area (Å²) in [6.07, 6.45) is 0. The van der Waals surface area contributed by atoms with E-state index in [0.717, 1.165) is 22.3 Å². The third-order valence-electron chi connectivity index (χ3n) is 4.46. The molecule has 0 aliphatic carbocycles. The van der Waals surface area contributed by atoms with E-state index in [4.69, 9.17) is 5.14 Å². The van der Waals surface area contributed by atoms with E-state index in [2.05, 4.69) is 10.3 Å². The largest absolute Gasteiger partial charge is 0.300 e. The molecule has 0 saturated carbocycles. The number of para-hydroxylation sites is 1. The Morgan fingerprint density at radius 3 is 2.72 bits per heavy atom. The first-order valence-corrected chi connectivity index (χ1v) is 10.9. The highest BCUT2D eigenvalue weighted by molar-refractivity contribution is 7.89. The highest BCUT2D eigenvalue weighted by atomic mass is 32.2. The normalized spacial score (nSPS) is 11.8. The number of fused-ring (bicyclic) bond motifs is 2. The Morgan fingerprint density at radius 2 is 1.97 bits per heavy atom.